The van der Waals surface area contributed by atoms with Gasteiger partial charge >= 0.3 is 0 Å². The van der Waals surface area contributed by atoms with Crippen LogP contribution in [0, 0.1) is 0 Å². The molecule has 0 saturated carbocycles. The molecule has 0 aromatic heterocycles. The lowest BCUT2D eigenvalue weighted by Crippen LogP contribution is -2.02. The van der Waals surface area contributed by atoms with Gasteiger partial charge in [0.25, 0.3) is 0 Å². The average molecular weight is 286 g/mol. The third-order valence-electron chi connectivity index (χ3n) is 3.11. The van der Waals surface area contributed by atoms with Gasteiger partial charge in [0.2, 0.25) is 0 Å². The van der Waals surface area contributed by atoms with E-state index in [0.717, 1.165) is 29.2 Å². The van der Waals surface area contributed by atoms with Crippen molar-refractivity contribution in [2.24, 2.45) is 0 Å². The van der Waals surface area contributed by atoms with E-state index in [-0.39, 0.29) is 0 Å². The molecule has 4 nitrogen and oxygen atoms in total. The smallest absolute Gasteiger partial charge is 0.144 e. The maximum absolute atomic E-state index is 5.91. The SMILES string of the molecule is CCCOc1cc(NCc2cccc(OC)c2)ccc1N. The van der Waals surface area contributed by atoms with Crippen molar-refractivity contribution in [3.05, 3.63) is 48.0 Å². The van der Waals surface area contributed by atoms with Crippen molar-refractivity contribution in [2.45, 2.75) is 19.9 Å². The molecule has 0 spiro atoms. The van der Waals surface area contributed by atoms with Crippen LogP contribution in [0.3, 0.4) is 0 Å². The topological polar surface area (TPSA) is 56.5 Å². The average Bonchev–Trinajstić information content (AvgIpc) is 2.53. The van der Waals surface area contributed by atoms with Gasteiger partial charge in [-0.3, -0.25) is 0 Å². The van der Waals surface area contributed by atoms with E-state index in [9.17, 15) is 0 Å². The standard InChI is InChI=1S/C17H22N2O2/c1-3-9-21-17-11-14(7-8-16(17)18)19-12-13-5-4-6-15(10-13)20-2/h4-8,10-11,19H,3,9,12,18H2,1-2H3. The molecule has 4 heteroatoms. The van der Waals surface area contributed by atoms with Gasteiger partial charge in [-0.25, -0.2) is 0 Å². The van der Waals surface area contributed by atoms with Crippen molar-refractivity contribution in [1.29, 1.82) is 0 Å². The lowest BCUT2D eigenvalue weighted by atomic mass is 10.2. The Hall–Kier alpha value is -2.36. The Morgan fingerprint density at radius 3 is 2.76 bits per heavy atom. The van der Waals surface area contributed by atoms with Crippen molar-refractivity contribution in [3.8, 4) is 11.5 Å². The molecule has 0 amide bonds. The summed E-state index contributed by atoms with van der Waals surface area (Å²) in [6.45, 7) is 3.46. The molecule has 0 aliphatic rings. The number of nitrogen functional groups attached to an aromatic ring is 1. The van der Waals surface area contributed by atoms with Crippen LogP contribution in [0.2, 0.25) is 0 Å². The lowest BCUT2D eigenvalue weighted by Gasteiger charge is -2.12. The van der Waals surface area contributed by atoms with Crippen LogP contribution in [0.15, 0.2) is 42.5 Å². The van der Waals surface area contributed by atoms with E-state index < -0.39 is 0 Å². The van der Waals surface area contributed by atoms with Crippen molar-refractivity contribution >= 4 is 11.4 Å². The van der Waals surface area contributed by atoms with Gasteiger partial charge in [-0.05, 0) is 36.2 Å². The summed E-state index contributed by atoms with van der Waals surface area (Å²) in [6, 6.07) is 13.7. The summed E-state index contributed by atoms with van der Waals surface area (Å²) in [5.74, 6) is 1.59. The third kappa shape index (κ3) is 4.31. The molecule has 0 unspecified atom stereocenters. The highest BCUT2D eigenvalue weighted by Crippen LogP contribution is 2.26. The molecule has 2 aromatic carbocycles. The van der Waals surface area contributed by atoms with Crippen LogP contribution in [-0.2, 0) is 6.54 Å². The number of methoxy groups -OCH3 is 1. The van der Waals surface area contributed by atoms with Gasteiger partial charge in [-0.15, -0.1) is 0 Å². The zero-order valence-corrected chi connectivity index (χ0v) is 12.6. The molecule has 21 heavy (non-hydrogen) atoms. The molecule has 0 bridgehead atoms. The van der Waals surface area contributed by atoms with Crippen molar-refractivity contribution in [1.82, 2.24) is 0 Å². The summed E-state index contributed by atoms with van der Waals surface area (Å²) in [4.78, 5) is 0. The monoisotopic (exact) mass is 286 g/mol. The number of nitrogens with one attached hydrogen (secondary N) is 1. The molecular formula is C17H22N2O2. The Bertz CT molecular complexity index is 585. The van der Waals surface area contributed by atoms with Crippen molar-refractivity contribution in [2.75, 3.05) is 24.8 Å². The van der Waals surface area contributed by atoms with Gasteiger partial charge in [0.05, 0.1) is 19.4 Å². The fraction of sp³-hybridized carbons (Fsp3) is 0.294. The van der Waals surface area contributed by atoms with E-state index >= 15 is 0 Å². The van der Waals surface area contributed by atoms with Gasteiger partial charge < -0.3 is 20.5 Å². The molecule has 0 aliphatic heterocycles. The van der Waals surface area contributed by atoms with Crippen molar-refractivity contribution in [3.63, 3.8) is 0 Å². The highest BCUT2D eigenvalue weighted by Gasteiger charge is 2.03. The van der Waals surface area contributed by atoms with Gasteiger partial charge in [-0.1, -0.05) is 19.1 Å². The van der Waals surface area contributed by atoms with Crippen LogP contribution < -0.4 is 20.5 Å². The van der Waals surface area contributed by atoms with Crippen LogP contribution in [-0.4, -0.2) is 13.7 Å². The van der Waals surface area contributed by atoms with E-state index in [4.69, 9.17) is 15.2 Å². The summed E-state index contributed by atoms with van der Waals surface area (Å²) in [7, 11) is 1.67. The molecule has 112 valence electrons. The minimum absolute atomic E-state index is 0.662. The minimum atomic E-state index is 0.662. The second-order valence-electron chi connectivity index (χ2n) is 4.81. The molecule has 3 N–H and O–H groups in total. The van der Waals surface area contributed by atoms with Crippen LogP contribution in [0.5, 0.6) is 11.5 Å². The molecular weight excluding hydrogens is 264 g/mol. The number of hydrogen-bond acceptors (Lipinski definition) is 4. The first-order valence-corrected chi connectivity index (χ1v) is 7.12. The fourth-order valence-corrected chi connectivity index (χ4v) is 1.97. The predicted octanol–water partition coefficient (Wildman–Crippen LogP) is 3.68. The molecule has 0 aliphatic carbocycles. The quantitative estimate of drug-likeness (QED) is 0.762. The Balaban J connectivity index is 2.02. The first-order valence-electron chi connectivity index (χ1n) is 7.12. The van der Waals surface area contributed by atoms with E-state index in [1.165, 1.54) is 0 Å². The summed E-state index contributed by atoms with van der Waals surface area (Å²) in [5.41, 5.74) is 8.71. The van der Waals surface area contributed by atoms with Crippen LogP contribution in [0.1, 0.15) is 18.9 Å². The number of anilines is 2. The van der Waals surface area contributed by atoms with Crippen LogP contribution in [0.25, 0.3) is 0 Å². The highest BCUT2D eigenvalue weighted by molar-refractivity contribution is 5.61. The Morgan fingerprint density at radius 2 is 2.00 bits per heavy atom. The minimum Gasteiger partial charge on any atom is -0.497 e. The number of rotatable bonds is 7. The second-order valence-corrected chi connectivity index (χ2v) is 4.81. The normalized spacial score (nSPS) is 10.2. The van der Waals surface area contributed by atoms with E-state index in [1.54, 1.807) is 7.11 Å². The Kier molecular flexibility index (Phi) is 5.32. The lowest BCUT2D eigenvalue weighted by molar-refractivity contribution is 0.319. The number of nitrogens with two attached hydrogens (primary N) is 1. The summed E-state index contributed by atoms with van der Waals surface area (Å²) in [6.07, 6.45) is 0.959. The van der Waals surface area contributed by atoms with E-state index in [1.807, 2.05) is 36.4 Å². The zero-order chi connectivity index (χ0) is 15.1. The Morgan fingerprint density at radius 1 is 1.14 bits per heavy atom. The highest BCUT2D eigenvalue weighted by atomic mass is 16.5. The Labute approximate surface area is 125 Å². The molecule has 0 fully saturated rings. The first-order chi connectivity index (χ1) is 10.2. The maximum Gasteiger partial charge on any atom is 0.144 e. The predicted molar refractivity (Wildman–Crippen MR) is 87.0 cm³/mol. The summed E-state index contributed by atoms with van der Waals surface area (Å²) < 4.78 is 10.9. The molecule has 0 saturated heterocycles. The second kappa shape index (κ2) is 7.43. The van der Waals surface area contributed by atoms with Crippen LogP contribution >= 0.6 is 0 Å². The van der Waals surface area contributed by atoms with E-state index in [2.05, 4.69) is 18.3 Å². The number of hydrogen-bond donors (Lipinski definition) is 2. The van der Waals surface area contributed by atoms with Gasteiger partial charge in [-0.2, -0.15) is 0 Å². The summed E-state index contributed by atoms with van der Waals surface area (Å²) >= 11 is 0. The van der Waals surface area contributed by atoms with Crippen LogP contribution in [0.4, 0.5) is 11.4 Å². The first kappa shape index (κ1) is 15.0. The van der Waals surface area contributed by atoms with Gasteiger partial charge in [0.15, 0.2) is 0 Å². The molecule has 2 aromatic rings. The maximum atomic E-state index is 5.91. The van der Waals surface area contributed by atoms with E-state index in [0.29, 0.717) is 18.8 Å². The zero-order valence-electron chi connectivity index (χ0n) is 12.6. The summed E-state index contributed by atoms with van der Waals surface area (Å²) in [5, 5.41) is 3.37. The number of benzene rings is 2. The third-order valence-corrected chi connectivity index (χ3v) is 3.11. The fourth-order valence-electron chi connectivity index (χ4n) is 1.97. The van der Waals surface area contributed by atoms with Crippen molar-refractivity contribution < 1.29 is 9.47 Å². The van der Waals surface area contributed by atoms with Gasteiger partial charge in [0, 0.05) is 18.3 Å². The molecule has 0 atom stereocenters. The van der Waals surface area contributed by atoms with Gasteiger partial charge in [0.1, 0.15) is 11.5 Å². The molecule has 0 radical (unpaired) electrons. The molecule has 2 rings (SSSR count). The molecule has 0 heterocycles. The largest absolute Gasteiger partial charge is 0.497 e. The number of ether oxygens (including phenoxy) is 2.